The Morgan fingerprint density at radius 2 is 1.69 bits per heavy atom. The van der Waals surface area contributed by atoms with Gasteiger partial charge in [0, 0.05) is 18.5 Å². The van der Waals surface area contributed by atoms with Crippen molar-refractivity contribution in [3.8, 4) is 5.75 Å². The van der Waals surface area contributed by atoms with E-state index in [-0.39, 0.29) is 11.4 Å². The minimum atomic E-state index is -0.630. The first-order valence-corrected chi connectivity index (χ1v) is 4.49. The molecule has 2 rings (SSSR count). The monoisotopic (exact) mass is 218 g/mol. The first-order valence-electron chi connectivity index (χ1n) is 4.49. The smallest absolute Gasteiger partial charge is 0.310 e. The molecule has 0 fully saturated rings. The third-order valence-electron chi connectivity index (χ3n) is 1.64. The summed E-state index contributed by atoms with van der Waals surface area (Å²) < 4.78 is 0. The number of phenols is 1. The summed E-state index contributed by atoms with van der Waals surface area (Å²) in [6, 6.07) is 11.3. The van der Waals surface area contributed by atoms with Crippen LogP contribution >= 0.6 is 0 Å². The van der Waals surface area contributed by atoms with E-state index >= 15 is 0 Å². The van der Waals surface area contributed by atoms with Crippen LogP contribution in [-0.4, -0.2) is 15.0 Å². The van der Waals surface area contributed by atoms with E-state index in [1.807, 2.05) is 18.2 Å². The lowest BCUT2D eigenvalue weighted by atomic mass is 10.3. The van der Waals surface area contributed by atoms with Gasteiger partial charge in [-0.3, -0.25) is 15.1 Å². The van der Waals surface area contributed by atoms with Crippen molar-refractivity contribution >= 4 is 5.69 Å². The molecule has 82 valence electrons. The van der Waals surface area contributed by atoms with Crippen molar-refractivity contribution in [2.45, 2.75) is 0 Å². The molecule has 1 N–H and O–H groups in total. The number of benzene rings is 1. The Morgan fingerprint density at radius 3 is 2.00 bits per heavy atom. The molecule has 0 aliphatic rings. The molecule has 0 aliphatic carbocycles. The predicted octanol–water partition coefficient (Wildman–Crippen LogP) is 2.38. The maximum absolute atomic E-state index is 10.1. The minimum Gasteiger partial charge on any atom is -0.502 e. The van der Waals surface area contributed by atoms with Crippen molar-refractivity contribution in [1.82, 2.24) is 4.98 Å². The van der Waals surface area contributed by atoms with Gasteiger partial charge in [0.1, 0.15) is 0 Å². The Kier molecular flexibility index (Phi) is 4.46. The fraction of sp³-hybridized carbons (Fsp3) is 0. The van der Waals surface area contributed by atoms with Crippen LogP contribution in [0.15, 0.2) is 54.9 Å². The number of aromatic hydroxyl groups is 1. The average Bonchev–Trinajstić information content (AvgIpc) is 2.32. The van der Waals surface area contributed by atoms with Crippen LogP contribution in [-0.2, 0) is 0 Å². The summed E-state index contributed by atoms with van der Waals surface area (Å²) in [6.07, 6.45) is 3.50. The van der Waals surface area contributed by atoms with Crippen molar-refractivity contribution in [3.63, 3.8) is 0 Å². The number of aromatic nitrogens is 1. The van der Waals surface area contributed by atoms with Gasteiger partial charge in [0.25, 0.3) is 0 Å². The van der Waals surface area contributed by atoms with E-state index in [0.29, 0.717) is 0 Å². The maximum atomic E-state index is 10.1. The SMILES string of the molecule is O=[N+]([O-])c1ccccc1O.c1ccncc1. The highest BCUT2D eigenvalue weighted by Gasteiger charge is 2.09. The van der Waals surface area contributed by atoms with Crippen LogP contribution in [0, 0.1) is 10.1 Å². The van der Waals surface area contributed by atoms with Crippen LogP contribution in [0.3, 0.4) is 0 Å². The quantitative estimate of drug-likeness (QED) is 0.588. The standard InChI is InChI=1S/C6H5NO3.C5H5N/c8-6-4-2-1-3-5(6)7(9)10;1-2-4-6-5-3-1/h1-4,8H;1-5H. The van der Waals surface area contributed by atoms with Crippen LogP contribution in [0.4, 0.5) is 5.69 Å². The molecule has 0 spiro atoms. The van der Waals surface area contributed by atoms with Crippen LogP contribution in [0.25, 0.3) is 0 Å². The molecular weight excluding hydrogens is 208 g/mol. The van der Waals surface area contributed by atoms with Crippen molar-refractivity contribution < 1.29 is 10.0 Å². The van der Waals surface area contributed by atoms with Crippen molar-refractivity contribution in [3.05, 3.63) is 65.0 Å². The summed E-state index contributed by atoms with van der Waals surface area (Å²) in [5.74, 6) is -0.299. The van der Waals surface area contributed by atoms with E-state index in [9.17, 15) is 10.1 Å². The second kappa shape index (κ2) is 6.13. The van der Waals surface area contributed by atoms with Crippen molar-refractivity contribution in [2.75, 3.05) is 0 Å². The van der Waals surface area contributed by atoms with Gasteiger partial charge >= 0.3 is 5.69 Å². The molecule has 0 saturated heterocycles. The highest BCUT2D eigenvalue weighted by atomic mass is 16.6. The number of rotatable bonds is 1. The Bertz CT molecular complexity index is 419. The molecule has 0 atom stereocenters. The Labute approximate surface area is 92.2 Å². The maximum Gasteiger partial charge on any atom is 0.310 e. The average molecular weight is 218 g/mol. The van der Waals surface area contributed by atoms with Gasteiger partial charge in [0.15, 0.2) is 5.75 Å². The Hall–Kier alpha value is -2.43. The Morgan fingerprint density at radius 1 is 1.06 bits per heavy atom. The van der Waals surface area contributed by atoms with E-state index in [0.717, 1.165) is 0 Å². The van der Waals surface area contributed by atoms with Gasteiger partial charge in [-0.2, -0.15) is 0 Å². The second-order valence-corrected chi connectivity index (χ2v) is 2.77. The fourth-order valence-electron chi connectivity index (χ4n) is 0.931. The van der Waals surface area contributed by atoms with Gasteiger partial charge in [-0.05, 0) is 18.2 Å². The minimum absolute atomic E-state index is 0.262. The number of para-hydroxylation sites is 2. The van der Waals surface area contributed by atoms with Crippen molar-refractivity contribution in [2.24, 2.45) is 0 Å². The Balaban J connectivity index is 0.000000181. The van der Waals surface area contributed by atoms with Gasteiger partial charge in [-0.1, -0.05) is 18.2 Å². The molecule has 0 saturated carbocycles. The van der Waals surface area contributed by atoms with E-state index < -0.39 is 4.92 Å². The summed E-state index contributed by atoms with van der Waals surface area (Å²) in [5.41, 5.74) is -0.262. The second-order valence-electron chi connectivity index (χ2n) is 2.77. The van der Waals surface area contributed by atoms with Gasteiger partial charge < -0.3 is 5.11 Å². The summed E-state index contributed by atoms with van der Waals surface area (Å²) in [6.45, 7) is 0. The number of nitro benzene ring substituents is 1. The molecule has 2 aromatic rings. The molecule has 0 aliphatic heterocycles. The zero-order valence-electron chi connectivity index (χ0n) is 8.35. The molecule has 0 unspecified atom stereocenters. The molecule has 1 aromatic carbocycles. The summed E-state index contributed by atoms with van der Waals surface area (Å²) in [4.78, 5) is 13.2. The molecule has 16 heavy (non-hydrogen) atoms. The molecule has 1 heterocycles. The lowest BCUT2D eigenvalue weighted by Gasteiger charge is -1.91. The van der Waals surface area contributed by atoms with Crippen LogP contribution in [0.1, 0.15) is 0 Å². The highest BCUT2D eigenvalue weighted by molar-refractivity contribution is 5.44. The lowest BCUT2D eigenvalue weighted by Crippen LogP contribution is -1.86. The van der Waals surface area contributed by atoms with E-state index in [2.05, 4.69) is 4.98 Å². The number of nitrogens with zero attached hydrogens (tertiary/aromatic N) is 2. The summed E-state index contributed by atoms with van der Waals surface area (Å²) in [5, 5.41) is 18.9. The topological polar surface area (TPSA) is 76.3 Å². The third kappa shape index (κ3) is 3.75. The highest BCUT2D eigenvalue weighted by Crippen LogP contribution is 2.23. The van der Waals surface area contributed by atoms with Crippen LogP contribution < -0.4 is 0 Å². The van der Waals surface area contributed by atoms with Crippen molar-refractivity contribution in [1.29, 1.82) is 0 Å². The molecule has 0 amide bonds. The van der Waals surface area contributed by atoms with Gasteiger partial charge in [0.2, 0.25) is 0 Å². The fourth-order valence-corrected chi connectivity index (χ4v) is 0.931. The van der Waals surface area contributed by atoms with E-state index in [4.69, 9.17) is 5.11 Å². The number of pyridine rings is 1. The molecule has 0 radical (unpaired) electrons. The van der Waals surface area contributed by atoms with Crippen LogP contribution in [0.2, 0.25) is 0 Å². The molecular formula is C11H10N2O3. The normalized spacial score (nSPS) is 8.75. The molecule has 5 heteroatoms. The van der Waals surface area contributed by atoms with E-state index in [1.54, 1.807) is 12.4 Å². The first kappa shape index (κ1) is 11.6. The van der Waals surface area contributed by atoms with Crippen LogP contribution in [0.5, 0.6) is 5.75 Å². The molecule has 1 aromatic heterocycles. The number of phenolic OH excluding ortho intramolecular Hbond substituents is 1. The zero-order chi connectivity index (χ0) is 11.8. The third-order valence-corrected chi connectivity index (χ3v) is 1.64. The summed E-state index contributed by atoms with van der Waals surface area (Å²) >= 11 is 0. The zero-order valence-corrected chi connectivity index (χ0v) is 8.35. The molecule has 5 nitrogen and oxygen atoms in total. The lowest BCUT2D eigenvalue weighted by molar-refractivity contribution is -0.385. The first-order chi connectivity index (χ1) is 7.72. The molecule has 0 bridgehead atoms. The number of hydrogen-bond donors (Lipinski definition) is 1. The van der Waals surface area contributed by atoms with Gasteiger partial charge in [-0.15, -0.1) is 0 Å². The van der Waals surface area contributed by atoms with Gasteiger partial charge in [-0.25, -0.2) is 0 Å². The summed E-state index contributed by atoms with van der Waals surface area (Å²) in [7, 11) is 0. The largest absolute Gasteiger partial charge is 0.502 e. The van der Waals surface area contributed by atoms with Gasteiger partial charge in [0.05, 0.1) is 4.92 Å². The number of nitro groups is 1. The van der Waals surface area contributed by atoms with E-state index in [1.165, 1.54) is 24.3 Å². The number of hydrogen-bond acceptors (Lipinski definition) is 4. The predicted molar refractivity (Wildman–Crippen MR) is 59.0 cm³/mol.